The Bertz CT molecular complexity index is 648. The second-order valence-corrected chi connectivity index (χ2v) is 6.60. The molecule has 1 N–H and O–H groups in total. The van der Waals surface area contributed by atoms with Crippen molar-refractivity contribution in [3.63, 3.8) is 0 Å². The average molecular weight is 351 g/mol. The highest BCUT2D eigenvalue weighted by Crippen LogP contribution is 2.30. The fourth-order valence-corrected chi connectivity index (χ4v) is 3.23. The molecule has 0 aliphatic carbocycles. The molecule has 0 bridgehead atoms. The molecule has 4 nitrogen and oxygen atoms in total. The monoisotopic (exact) mass is 350 g/mol. The van der Waals surface area contributed by atoms with Gasteiger partial charge < -0.3 is 14.6 Å². The van der Waals surface area contributed by atoms with Crippen molar-refractivity contribution in [2.24, 2.45) is 11.8 Å². The van der Waals surface area contributed by atoms with Crippen LogP contribution in [0, 0.1) is 11.8 Å². The van der Waals surface area contributed by atoms with Gasteiger partial charge in [-0.25, -0.2) is 0 Å². The van der Waals surface area contributed by atoms with Gasteiger partial charge in [0.1, 0.15) is 11.3 Å². The van der Waals surface area contributed by atoms with Crippen molar-refractivity contribution in [2.45, 2.75) is 33.2 Å². The van der Waals surface area contributed by atoms with Crippen molar-refractivity contribution >= 4 is 29.3 Å². The van der Waals surface area contributed by atoms with Gasteiger partial charge in [-0.1, -0.05) is 32.0 Å². The molecule has 2 heterocycles. The molecule has 3 rings (SSSR count). The zero-order valence-electron chi connectivity index (χ0n) is 14.6. The lowest BCUT2D eigenvalue weighted by Crippen LogP contribution is -2.50. The maximum Gasteiger partial charge on any atom is 0.226 e. The van der Waals surface area contributed by atoms with E-state index in [4.69, 9.17) is 4.42 Å². The average Bonchev–Trinajstić information content (AvgIpc) is 2.93. The summed E-state index contributed by atoms with van der Waals surface area (Å²) in [6.45, 7) is 8.90. The first kappa shape index (κ1) is 18.8. The van der Waals surface area contributed by atoms with Crippen LogP contribution in [-0.2, 0) is 4.79 Å². The molecule has 1 aliphatic heterocycles. The first-order chi connectivity index (χ1) is 11.1. The summed E-state index contributed by atoms with van der Waals surface area (Å²) in [7, 11) is 0. The van der Waals surface area contributed by atoms with Crippen molar-refractivity contribution in [1.29, 1.82) is 0 Å². The molecule has 1 amide bonds. The number of amides is 1. The van der Waals surface area contributed by atoms with E-state index in [1.165, 1.54) is 0 Å². The number of carbonyl (C=O) groups is 1. The Labute approximate surface area is 150 Å². The van der Waals surface area contributed by atoms with Gasteiger partial charge in [-0.15, -0.1) is 12.4 Å². The number of fused-ring (bicyclic) bond motifs is 1. The van der Waals surface area contributed by atoms with Crippen LogP contribution in [0.2, 0.25) is 0 Å². The predicted molar refractivity (Wildman–Crippen MR) is 99.4 cm³/mol. The molecule has 0 spiro atoms. The lowest BCUT2D eigenvalue weighted by molar-refractivity contribution is -0.140. The van der Waals surface area contributed by atoms with E-state index in [0.29, 0.717) is 5.92 Å². The van der Waals surface area contributed by atoms with Gasteiger partial charge in [0.25, 0.3) is 0 Å². The fraction of sp³-hybridized carbons (Fsp3) is 0.526. The number of nitrogens with one attached hydrogen (secondary N) is 1. The van der Waals surface area contributed by atoms with Crippen molar-refractivity contribution in [3.8, 4) is 0 Å². The third kappa shape index (κ3) is 3.60. The lowest BCUT2D eigenvalue weighted by Gasteiger charge is -2.36. The highest BCUT2D eigenvalue weighted by molar-refractivity contribution is 5.85. The SMILES string of the molecule is CCCN(C(=O)C(C)C1CNC1)C(C)c1cc2ccccc2o1.Cl. The van der Waals surface area contributed by atoms with Crippen LogP contribution in [0.15, 0.2) is 34.7 Å². The summed E-state index contributed by atoms with van der Waals surface area (Å²) in [5, 5.41) is 4.35. The van der Waals surface area contributed by atoms with E-state index in [9.17, 15) is 4.79 Å². The van der Waals surface area contributed by atoms with E-state index in [-0.39, 0.29) is 30.3 Å². The molecule has 24 heavy (non-hydrogen) atoms. The molecule has 1 aromatic heterocycles. The van der Waals surface area contributed by atoms with E-state index >= 15 is 0 Å². The maximum absolute atomic E-state index is 13.0. The second kappa shape index (κ2) is 8.04. The highest BCUT2D eigenvalue weighted by Gasteiger charge is 2.34. The molecule has 1 fully saturated rings. The van der Waals surface area contributed by atoms with Gasteiger partial charge in [-0.3, -0.25) is 4.79 Å². The molecule has 132 valence electrons. The second-order valence-electron chi connectivity index (χ2n) is 6.60. The van der Waals surface area contributed by atoms with Gasteiger partial charge in [0.15, 0.2) is 0 Å². The number of rotatable bonds is 6. The Morgan fingerprint density at radius 2 is 2.04 bits per heavy atom. The summed E-state index contributed by atoms with van der Waals surface area (Å²) >= 11 is 0. The van der Waals surface area contributed by atoms with Crippen LogP contribution < -0.4 is 5.32 Å². The number of halogens is 1. The van der Waals surface area contributed by atoms with Crippen molar-refractivity contribution in [3.05, 3.63) is 36.1 Å². The molecule has 1 aliphatic rings. The number of para-hydroxylation sites is 1. The standard InChI is InChI=1S/C19H26N2O2.ClH/c1-4-9-21(19(22)13(2)16-11-20-12-16)14(3)18-10-15-7-5-6-8-17(15)23-18;/h5-8,10,13-14,16,20H,4,9,11-12H2,1-3H3;1H. The molecule has 2 atom stereocenters. The maximum atomic E-state index is 13.0. The Kier molecular flexibility index (Phi) is 6.30. The topological polar surface area (TPSA) is 45.5 Å². The highest BCUT2D eigenvalue weighted by atomic mass is 35.5. The minimum atomic E-state index is -0.0367. The lowest BCUT2D eigenvalue weighted by atomic mass is 9.87. The third-order valence-electron chi connectivity index (χ3n) is 4.98. The van der Waals surface area contributed by atoms with E-state index < -0.39 is 0 Å². The summed E-state index contributed by atoms with van der Waals surface area (Å²) in [6.07, 6.45) is 0.950. The summed E-state index contributed by atoms with van der Waals surface area (Å²) in [6, 6.07) is 10.0. The van der Waals surface area contributed by atoms with Crippen LogP contribution in [0.1, 0.15) is 39.0 Å². The van der Waals surface area contributed by atoms with Gasteiger partial charge in [0, 0.05) is 17.8 Å². The van der Waals surface area contributed by atoms with Crippen LogP contribution in [0.4, 0.5) is 0 Å². The number of benzene rings is 1. The summed E-state index contributed by atoms with van der Waals surface area (Å²) in [4.78, 5) is 14.9. The number of hydrogen-bond donors (Lipinski definition) is 1. The minimum absolute atomic E-state index is 0. The summed E-state index contributed by atoms with van der Waals surface area (Å²) < 4.78 is 5.98. The quantitative estimate of drug-likeness (QED) is 0.856. The van der Waals surface area contributed by atoms with Gasteiger partial charge in [-0.05, 0) is 44.5 Å². The molecule has 0 radical (unpaired) electrons. The zero-order valence-corrected chi connectivity index (χ0v) is 15.4. The van der Waals surface area contributed by atoms with Crippen LogP contribution in [0.3, 0.4) is 0 Å². The molecule has 0 saturated carbocycles. The van der Waals surface area contributed by atoms with Gasteiger partial charge in [-0.2, -0.15) is 0 Å². The molecular weight excluding hydrogens is 324 g/mol. The molecule has 5 heteroatoms. The van der Waals surface area contributed by atoms with E-state index in [1.807, 2.05) is 29.2 Å². The normalized spacial score (nSPS) is 17.0. The van der Waals surface area contributed by atoms with Gasteiger partial charge >= 0.3 is 0 Å². The van der Waals surface area contributed by atoms with Crippen molar-refractivity contribution in [1.82, 2.24) is 10.2 Å². The number of hydrogen-bond acceptors (Lipinski definition) is 3. The zero-order chi connectivity index (χ0) is 16.4. The number of nitrogens with zero attached hydrogens (tertiary/aromatic N) is 1. The fourth-order valence-electron chi connectivity index (χ4n) is 3.23. The van der Waals surface area contributed by atoms with Crippen LogP contribution in [-0.4, -0.2) is 30.4 Å². The first-order valence-corrected chi connectivity index (χ1v) is 8.61. The molecule has 1 aromatic carbocycles. The predicted octanol–water partition coefficient (Wildman–Crippen LogP) is 4.01. The molecular formula is C19H27ClN2O2. The van der Waals surface area contributed by atoms with Crippen LogP contribution >= 0.6 is 12.4 Å². The Morgan fingerprint density at radius 3 is 2.62 bits per heavy atom. The summed E-state index contributed by atoms with van der Waals surface area (Å²) in [5.74, 6) is 1.64. The molecule has 2 aromatic rings. The first-order valence-electron chi connectivity index (χ1n) is 8.61. The van der Waals surface area contributed by atoms with Crippen LogP contribution in [0.5, 0.6) is 0 Å². The van der Waals surface area contributed by atoms with Gasteiger partial charge in [0.2, 0.25) is 5.91 Å². The third-order valence-corrected chi connectivity index (χ3v) is 4.98. The van der Waals surface area contributed by atoms with Crippen molar-refractivity contribution < 1.29 is 9.21 Å². The minimum Gasteiger partial charge on any atom is -0.459 e. The summed E-state index contributed by atoms with van der Waals surface area (Å²) in [5.41, 5.74) is 0.884. The van der Waals surface area contributed by atoms with Gasteiger partial charge in [0.05, 0.1) is 6.04 Å². The Balaban J connectivity index is 0.00000208. The number of carbonyl (C=O) groups excluding carboxylic acids is 1. The number of furan rings is 1. The van der Waals surface area contributed by atoms with E-state index in [1.54, 1.807) is 0 Å². The molecule has 2 unspecified atom stereocenters. The van der Waals surface area contributed by atoms with E-state index in [0.717, 1.165) is 42.8 Å². The van der Waals surface area contributed by atoms with Crippen molar-refractivity contribution in [2.75, 3.05) is 19.6 Å². The van der Waals surface area contributed by atoms with E-state index in [2.05, 4.69) is 32.2 Å². The Hall–Kier alpha value is -1.52. The molecule has 1 saturated heterocycles. The van der Waals surface area contributed by atoms with Crippen LogP contribution in [0.25, 0.3) is 11.0 Å². The largest absolute Gasteiger partial charge is 0.459 e. The smallest absolute Gasteiger partial charge is 0.226 e. The Morgan fingerprint density at radius 1 is 1.33 bits per heavy atom.